The Bertz CT molecular complexity index is 448. The lowest BCUT2D eigenvalue weighted by Crippen LogP contribution is -2.54. The molecule has 2 heterocycles. The van der Waals surface area contributed by atoms with Crippen molar-refractivity contribution in [3.8, 4) is 0 Å². The van der Waals surface area contributed by atoms with Gasteiger partial charge in [-0.15, -0.1) is 0 Å². The van der Waals surface area contributed by atoms with Gasteiger partial charge in [0.2, 0.25) is 5.91 Å². The van der Waals surface area contributed by atoms with Crippen molar-refractivity contribution >= 4 is 17.2 Å². The number of hydrogen-bond acceptors (Lipinski definition) is 4. The largest absolute Gasteiger partial charge is 0.376 e. The van der Waals surface area contributed by atoms with E-state index < -0.39 is 0 Å². The minimum atomic E-state index is 0.0649. The molecule has 1 aliphatic heterocycles. The van der Waals surface area contributed by atoms with Crippen molar-refractivity contribution in [2.45, 2.75) is 44.4 Å². The molecule has 4 nitrogen and oxygen atoms in total. The number of thiophene rings is 1. The van der Waals surface area contributed by atoms with Crippen LogP contribution >= 0.6 is 11.3 Å². The lowest BCUT2D eigenvalue weighted by atomic mass is 10.1. The van der Waals surface area contributed by atoms with E-state index in [1.54, 1.807) is 11.3 Å². The van der Waals surface area contributed by atoms with Crippen LogP contribution in [0, 0.1) is 0 Å². The van der Waals surface area contributed by atoms with Gasteiger partial charge in [-0.25, -0.2) is 0 Å². The van der Waals surface area contributed by atoms with E-state index in [9.17, 15) is 4.79 Å². The molecule has 3 rings (SSSR count). The molecule has 5 heteroatoms. The van der Waals surface area contributed by atoms with Crippen molar-refractivity contribution in [3.63, 3.8) is 0 Å². The predicted octanol–water partition coefficient (Wildman–Crippen LogP) is 2.09. The number of rotatable bonds is 4. The normalized spacial score (nSPS) is 29.4. The molecule has 20 heavy (non-hydrogen) atoms. The maximum Gasteiger partial charge on any atom is 0.227 e. The summed E-state index contributed by atoms with van der Waals surface area (Å²) >= 11 is 1.64. The molecule has 1 aromatic rings. The van der Waals surface area contributed by atoms with Crippen LogP contribution in [0.1, 0.15) is 25.3 Å². The Morgan fingerprint density at radius 1 is 1.55 bits per heavy atom. The Labute approximate surface area is 123 Å². The molecule has 1 aromatic heterocycles. The quantitative estimate of drug-likeness (QED) is 0.854. The summed E-state index contributed by atoms with van der Waals surface area (Å²) in [7, 11) is 0. The van der Waals surface area contributed by atoms with Gasteiger partial charge < -0.3 is 14.4 Å². The molecule has 0 spiro atoms. The first-order chi connectivity index (χ1) is 9.79. The molecule has 1 saturated carbocycles. The standard InChI is InChI=1S/C15H21NO3S/c1-2-18-13-4-3-12-15(13)19-7-6-16(12)14(17)9-11-5-8-20-10-11/h5,8,10,12-13,15H,2-4,6-7,9H2,1H3/t12-,13-,15+/m1/s1. The fourth-order valence-corrected chi connectivity index (χ4v) is 3.96. The van der Waals surface area contributed by atoms with Crippen LogP contribution in [0.15, 0.2) is 16.8 Å². The first-order valence-electron chi connectivity index (χ1n) is 7.33. The van der Waals surface area contributed by atoms with Crippen LogP contribution in [0.4, 0.5) is 0 Å². The van der Waals surface area contributed by atoms with Crippen molar-refractivity contribution in [1.82, 2.24) is 4.90 Å². The number of carbonyl (C=O) groups is 1. The molecule has 0 unspecified atom stereocenters. The molecule has 1 aliphatic carbocycles. The van der Waals surface area contributed by atoms with Crippen molar-refractivity contribution in [1.29, 1.82) is 0 Å². The highest BCUT2D eigenvalue weighted by Crippen LogP contribution is 2.32. The number of hydrogen-bond donors (Lipinski definition) is 0. The Balaban J connectivity index is 1.66. The number of amides is 1. The van der Waals surface area contributed by atoms with E-state index in [1.165, 1.54) is 0 Å². The lowest BCUT2D eigenvalue weighted by molar-refractivity contribution is -0.150. The molecular formula is C15H21NO3S. The van der Waals surface area contributed by atoms with Gasteiger partial charge in [-0.2, -0.15) is 11.3 Å². The third-order valence-corrected chi connectivity index (χ3v) is 4.90. The van der Waals surface area contributed by atoms with Gasteiger partial charge in [0.25, 0.3) is 0 Å². The molecule has 0 N–H and O–H groups in total. The molecule has 3 atom stereocenters. The van der Waals surface area contributed by atoms with Crippen LogP contribution in [-0.2, 0) is 20.7 Å². The molecule has 0 bridgehead atoms. The summed E-state index contributed by atoms with van der Waals surface area (Å²) < 4.78 is 11.6. The Morgan fingerprint density at radius 3 is 3.20 bits per heavy atom. The molecule has 110 valence electrons. The topological polar surface area (TPSA) is 38.8 Å². The Kier molecular flexibility index (Phi) is 4.38. The third-order valence-electron chi connectivity index (χ3n) is 4.17. The van der Waals surface area contributed by atoms with E-state index >= 15 is 0 Å². The van der Waals surface area contributed by atoms with Crippen LogP contribution in [0.25, 0.3) is 0 Å². The van der Waals surface area contributed by atoms with Gasteiger partial charge >= 0.3 is 0 Å². The maximum atomic E-state index is 12.5. The second-order valence-electron chi connectivity index (χ2n) is 5.37. The van der Waals surface area contributed by atoms with E-state index in [1.807, 2.05) is 28.7 Å². The summed E-state index contributed by atoms with van der Waals surface area (Å²) in [6.45, 7) is 4.05. The van der Waals surface area contributed by atoms with Crippen molar-refractivity contribution < 1.29 is 14.3 Å². The van der Waals surface area contributed by atoms with E-state index in [0.29, 0.717) is 26.2 Å². The number of fused-ring (bicyclic) bond motifs is 1. The Hall–Kier alpha value is -0.910. The van der Waals surface area contributed by atoms with E-state index in [2.05, 4.69) is 0 Å². The van der Waals surface area contributed by atoms with Crippen LogP contribution in [0.3, 0.4) is 0 Å². The van der Waals surface area contributed by atoms with E-state index in [-0.39, 0.29) is 24.2 Å². The highest BCUT2D eigenvalue weighted by Gasteiger charge is 2.44. The summed E-state index contributed by atoms with van der Waals surface area (Å²) in [5.41, 5.74) is 1.11. The lowest BCUT2D eigenvalue weighted by Gasteiger charge is -2.39. The zero-order valence-corrected chi connectivity index (χ0v) is 12.6. The molecule has 0 radical (unpaired) electrons. The first kappa shape index (κ1) is 14.0. The number of ether oxygens (including phenoxy) is 2. The molecule has 1 saturated heterocycles. The zero-order chi connectivity index (χ0) is 13.9. The van der Waals surface area contributed by atoms with Crippen LogP contribution < -0.4 is 0 Å². The van der Waals surface area contributed by atoms with Gasteiger partial charge in [0.15, 0.2) is 0 Å². The molecule has 2 aliphatic rings. The van der Waals surface area contributed by atoms with Gasteiger partial charge in [-0.05, 0) is 42.2 Å². The molecule has 2 fully saturated rings. The number of nitrogens with zero attached hydrogens (tertiary/aromatic N) is 1. The summed E-state index contributed by atoms with van der Waals surface area (Å²) in [6, 6.07) is 2.23. The van der Waals surface area contributed by atoms with Crippen molar-refractivity contribution in [2.75, 3.05) is 19.8 Å². The van der Waals surface area contributed by atoms with Crippen molar-refractivity contribution in [3.05, 3.63) is 22.4 Å². The average molecular weight is 295 g/mol. The summed E-state index contributed by atoms with van der Waals surface area (Å²) in [5.74, 6) is 0.221. The summed E-state index contributed by atoms with van der Waals surface area (Å²) in [4.78, 5) is 14.5. The van der Waals surface area contributed by atoms with Gasteiger partial charge in [0.05, 0.1) is 25.2 Å². The maximum absolute atomic E-state index is 12.5. The SMILES string of the molecule is CCO[C@@H]1CC[C@@H]2[C@@H]1OCCN2C(=O)Cc1ccsc1. The smallest absolute Gasteiger partial charge is 0.227 e. The zero-order valence-electron chi connectivity index (χ0n) is 11.8. The monoisotopic (exact) mass is 295 g/mol. The van der Waals surface area contributed by atoms with Crippen LogP contribution in [0.2, 0.25) is 0 Å². The van der Waals surface area contributed by atoms with Gasteiger partial charge in [-0.3, -0.25) is 4.79 Å². The highest BCUT2D eigenvalue weighted by molar-refractivity contribution is 7.07. The Morgan fingerprint density at radius 2 is 2.45 bits per heavy atom. The molecule has 0 aromatic carbocycles. The van der Waals surface area contributed by atoms with Gasteiger partial charge in [0.1, 0.15) is 6.10 Å². The molecular weight excluding hydrogens is 274 g/mol. The summed E-state index contributed by atoms with van der Waals surface area (Å²) in [5, 5.41) is 4.07. The van der Waals surface area contributed by atoms with Crippen LogP contribution in [-0.4, -0.2) is 48.8 Å². The highest BCUT2D eigenvalue weighted by atomic mass is 32.1. The number of carbonyl (C=O) groups excluding carboxylic acids is 1. The second-order valence-corrected chi connectivity index (χ2v) is 6.15. The van der Waals surface area contributed by atoms with Gasteiger partial charge in [0, 0.05) is 13.2 Å². The molecule has 1 amide bonds. The minimum Gasteiger partial charge on any atom is -0.376 e. The van der Waals surface area contributed by atoms with Gasteiger partial charge in [-0.1, -0.05) is 0 Å². The van der Waals surface area contributed by atoms with E-state index in [4.69, 9.17) is 9.47 Å². The second kappa shape index (κ2) is 6.24. The fourth-order valence-electron chi connectivity index (χ4n) is 3.29. The number of morpholine rings is 1. The van der Waals surface area contributed by atoms with Crippen molar-refractivity contribution in [2.24, 2.45) is 0 Å². The predicted molar refractivity (Wildman–Crippen MR) is 77.9 cm³/mol. The first-order valence-corrected chi connectivity index (χ1v) is 8.27. The third kappa shape index (κ3) is 2.75. The fraction of sp³-hybridized carbons (Fsp3) is 0.667. The van der Waals surface area contributed by atoms with E-state index in [0.717, 1.165) is 18.4 Å². The minimum absolute atomic E-state index is 0.0649. The van der Waals surface area contributed by atoms with Crippen LogP contribution in [0.5, 0.6) is 0 Å². The summed E-state index contributed by atoms with van der Waals surface area (Å²) in [6.07, 6.45) is 2.71. The average Bonchev–Trinajstić information content (AvgIpc) is 3.09.